The van der Waals surface area contributed by atoms with Crippen LogP contribution in [0.3, 0.4) is 0 Å². The highest BCUT2D eigenvalue weighted by Crippen LogP contribution is 2.32. The molecule has 0 radical (unpaired) electrons. The Balaban J connectivity index is 1.14. The maximum absolute atomic E-state index is 9.16. The summed E-state index contributed by atoms with van der Waals surface area (Å²) in [6.45, 7) is 0.755. The molecule has 6 rings (SSSR count). The molecule has 0 amide bonds. The Morgan fingerprint density at radius 2 is 1.62 bits per heavy atom. The summed E-state index contributed by atoms with van der Waals surface area (Å²) in [5.74, 6) is 1.26. The van der Waals surface area contributed by atoms with Gasteiger partial charge in [-0.25, -0.2) is 4.98 Å². The number of benzene rings is 4. The molecule has 1 atom stereocenters. The molecular formula is C31H22N4O3S. The number of hydrogen-bond donors (Lipinski definition) is 1. The van der Waals surface area contributed by atoms with Crippen molar-refractivity contribution in [1.29, 1.82) is 5.26 Å². The van der Waals surface area contributed by atoms with Gasteiger partial charge in [0.15, 0.2) is 5.58 Å². The van der Waals surface area contributed by atoms with Crippen LogP contribution < -0.4 is 0 Å². The highest BCUT2D eigenvalue weighted by atomic mass is 32.1. The van der Waals surface area contributed by atoms with E-state index in [-0.39, 0.29) is 6.61 Å². The van der Waals surface area contributed by atoms with Gasteiger partial charge in [-0.15, -0.1) is 10.2 Å². The van der Waals surface area contributed by atoms with Crippen LogP contribution in [0.15, 0.2) is 106 Å². The Hall–Kier alpha value is -4.71. The predicted molar refractivity (Wildman–Crippen MR) is 150 cm³/mol. The third-order valence-electron chi connectivity index (χ3n) is 6.24. The highest BCUT2D eigenvalue weighted by molar-refractivity contribution is 7.80. The lowest BCUT2D eigenvalue weighted by molar-refractivity contribution is 0.0907. The summed E-state index contributed by atoms with van der Waals surface area (Å²) in [6, 6.07) is 33.1. The number of nitrogens with zero attached hydrogens (tertiary/aromatic N) is 4. The molecule has 2 heterocycles. The van der Waals surface area contributed by atoms with Crippen LogP contribution in [0.25, 0.3) is 33.7 Å². The third kappa shape index (κ3) is 5.46. The summed E-state index contributed by atoms with van der Waals surface area (Å²) in [6.07, 6.45) is 0. The first kappa shape index (κ1) is 24.6. The van der Waals surface area contributed by atoms with Crippen molar-refractivity contribution in [2.45, 2.75) is 18.5 Å². The van der Waals surface area contributed by atoms with Crippen LogP contribution in [0.5, 0.6) is 0 Å². The van der Waals surface area contributed by atoms with Crippen LogP contribution in [0.1, 0.15) is 33.7 Å². The van der Waals surface area contributed by atoms with Crippen LogP contribution >= 0.6 is 12.6 Å². The fourth-order valence-corrected chi connectivity index (χ4v) is 4.50. The van der Waals surface area contributed by atoms with E-state index in [1.807, 2.05) is 91.0 Å². The average molecular weight is 531 g/mol. The van der Waals surface area contributed by atoms with E-state index in [1.54, 1.807) is 6.07 Å². The maximum atomic E-state index is 9.16. The molecule has 4 aromatic carbocycles. The smallest absolute Gasteiger partial charge is 0.247 e. The van der Waals surface area contributed by atoms with E-state index in [4.69, 9.17) is 31.5 Å². The largest absolute Gasteiger partial charge is 0.438 e. The number of rotatable bonds is 8. The van der Waals surface area contributed by atoms with Gasteiger partial charge in [0.1, 0.15) is 17.4 Å². The Bertz CT molecular complexity index is 1770. The third-order valence-corrected chi connectivity index (χ3v) is 6.76. The molecule has 0 saturated heterocycles. The first-order valence-electron chi connectivity index (χ1n) is 12.3. The molecule has 0 N–H and O–H groups in total. The van der Waals surface area contributed by atoms with Gasteiger partial charge in [0.2, 0.25) is 17.7 Å². The number of hydrogen-bond acceptors (Lipinski definition) is 8. The molecule has 0 fully saturated rings. The summed E-state index contributed by atoms with van der Waals surface area (Å²) in [7, 11) is 0. The fraction of sp³-hybridized carbons (Fsp3) is 0.0968. The molecule has 1 unspecified atom stereocenters. The van der Waals surface area contributed by atoms with Gasteiger partial charge in [-0.1, -0.05) is 66.7 Å². The number of oxazole rings is 1. The number of thiol groups is 1. The van der Waals surface area contributed by atoms with Crippen molar-refractivity contribution >= 4 is 23.7 Å². The van der Waals surface area contributed by atoms with Crippen LogP contribution in [-0.2, 0) is 18.0 Å². The van der Waals surface area contributed by atoms with E-state index >= 15 is 0 Å². The monoisotopic (exact) mass is 530 g/mol. The zero-order valence-corrected chi connectivity index (χ0v) is 21.6. The summed E-state index contributed by atoms with van der Waals surface area (Å²) in [5.41, 5.74) is 6.68. The summed E-state index contributed by atoms with van der Waals surface area (Å²) in [5, 5.41) is 17.2. The molecule has 8 heteroatoms. The minimum absolute atomic E-state index is 0.271. The lowest BCUT2D eigenvalue weighted by Crippen LogP contribution is -1.94. The molecule has 0 aliphatic carbocycles. The van der Waals surface area contributed by atoms with Crippen LogP contribution in [0, 0.1) is 11.3 Å². The summed E-state index contributed by atoms with van der Waals surface area (Å²) in [4.78, 5) is 4.50. The summed E-state index contributed by atoms with van der Waals surface area (Å²) < 4.78 is 17.6. The van der Waals surface area contributed by atoms with Crippen molar-refractivity contribution in [2.75, 3.05) is 0 Å². The van der Waals surface area contributed by atoms with E-state index < -0.39 is 5.25 Å². The molecule has 0 aliphatic heterocycles. The molecule has 0 saturated carbocycles. The van der Waals surface area contributed by atoms with Gasteiger partial charge >= 0.3 is 0 Å². The molecule has 39 heavy (non-hydrogen) atoms. The molecule has 7 nitrogen and oxygen atoms in total. The number of fused-ring (bicyclic) bond motifs is 1. The average Bonchev–Trinajstić information content (AvgIpc) is 3.64. The van der Waals surface area contributed by atoms with Crippen molar-refractivity contribution < 1.29 is 13.6 Å². The first-order chi connectivity index (χ1) is 19.2. The predicted octanol–water partition coefficient (Wildman–Crippen LogP) is 7.15. The molecule has 2 aromatic heterocycles. The van der Waals surface area contributed by atoms with Gasteiger partial charge < -0.3 is 13.6 Å². The van der Waals surface area contributed by atoms with E-state index in [2.05, 4.69) is 21.3 Å². The topological polar surface area (TPSA) is 98.0 Å². The van der Waals surface area contributed by atoms with Crippen molar-refractivity contribution in [2.24, 2.45) is 0 Å². The second-order valence-electron chi connectivity index (χ2n) is 8.93. The SMILES string of the molecule is N#Cc1cccc(-c2ccc(C(S)c3nnc(-c4ccc5nc(COCc6ccccc6)oc5c4)o3)cc2)c1. The minimum atomic E-state index is -0.395. The van der Waals surface area contributed by atoms with Crippen LogP contribution in [0.2, 0.25) is 0 Å². The summed E-state index contributed by atoms with van der Waals surface area (Å²) >= 11 is 4.73. The van der Waals surface area contributed by atoms with E-state index in [0.29, 0.717) is 35.4 Å². The molecule has 6 aromatic rings. The first-order valence-corrected chi connectivity index (χ1v) is 12.8. The molecule has 190 valence electrons. The van der Waals surface area contributed by atoms with Crippen LogP contribution in [0.4, 0.5) is 0 Å². The normalized spacial score (nSPS) is 11.9. The van der Waals surface area contributed by atoms with Crippen molar-refractivity contribution in [3.8, 4) is 28.7 Å². The minimum Gasteiger partial charge on any atom is -0.438 e. The second-order valence-corrected chi connectivity index (χ2v) is 9.45. The lowest BCUT2D eigenvalue weighted by atomic mass is 10.0. The second kappa shape index (κ2) is 11.0. The van der Waals surface area contributed by atoms with Crippen molar-refractivity contribution in [3.63, 3.8) is 0 Å². The van der Waals surface area contributed by atoms with Gasteiger partial charge in [-0.3, -0.25) is 0 Å². The van der Waals surface area contributed by atoms with Crippen molar-refractivity contribution in [1.82, 2.24) is 15.2 Å². The van der Waals surface area contributed by atoms with Crippen molar-refractivity contribution in [3.05, 3.63) is 126 Å². The Kier molecular flexibility index (Phi) is 6.91. The molecule has 0 aliphatic rings. The number of nitriles is 1. The van der Waals surface area contributed by atoms with E-state index in [0.717, 1.165) is 33.3 Å². The van der Waals surface area contributed by atoms with E-state index in [9.17, 15) is 0 Å². The number of aromatic nitrogens is 3. The molecule has 0 spiro atoms. The Morgan fingerprint density at radius 1 is 0.795 bits per heavy atom. The lowest BCUT2D eigenvalue weighted by Gasteiger charge is -2.08. The quantitative estimate of drug-likeness (QED) is 0.209. The zero-order valence-electron chi connectivity index (χ0n) is 20.7. The van der Waals surface area contributed by atoms with Gasteiger partial charge in [0.25, 0.3) is 0 Å². The highest BCUT2D eigenvalue weighted by Gasteiger charge is 2.19. The van der Waals surface area contributed by atoms with Gasteiger partial charge in [0, 0.05) is 5.56 Å². The standard InChI is InChI=1S/C31H22N4O3S/c32-17-21-7-4-8-24(15-21)22-9-11-23(12-10-22)29(39)31-35-34-30(38-31)25-13-14-26-27(16-25)37-28(33-26)19-36-18-20-5-2-1-3-6-20/h1-16,29,39H,18-19H2. The molecular weight excluding hydrogens is 508 g/mol. The molecule has 0 bridgehead atoms. The number of ether oxygens (including phenoxy) is 1. The fourth-order valence-electron chi connectivity index (χ4n) is 4.23. The zero-order chi connectivity index (χ0) is 26.6. The Labute approximate surface area is 230 Å². The van der Waals surface area contributed by atoms with Gasteiger partial charge in [-0.2, -0.15) is 17.9 Å². The Morgan fingerprint density at radius 3 is 2.44 bits per heavy atom. The maximum Gasteiger partial charge on any atom is 0.247 e. The van der Waals surface area contributed by atoms with Gasteiger partial charge in [-0.05, 0) is 52.6 Å². The van der Waals surface area contributed by atoms with Gasteiger partial charge in [0.05, 0.1) is 18.2 Å². The van der Waals surface area contributed by atoms with E-state index in [1.165, 1.54) is 0 Å². The van der Waals surface area contributed by atoms with Crippen LogP contribution in [-0.4, -0.2) is 15.2 Å².